The van der Waals surface area contributed by atoms with Gasteiger partial charge in [-0.1, -0.05) is 155 Å². The summed E-state index contributed by atoms with van der Waals surface area (Å²) in [5.41, 5.74) is 39.2. The lowest BCUT2D eigenvalue weighted by molar-refractivity contribution is -0.175. The van der Waals surface area contributed by atoms with Crippen molar-refractivity contribution in [2.75, 3.05) is 11.5 Å². The molecule has 14 atom stereocenters. The summed E-state index contributed by atoms with van der Waals surface area (Å²) in [6.45, 7) is 34.6. The first-order valence-electron chi connectivity index (χ1n) is 36.4. The average molecular weight is 1400 g/mol. The number of nitrogens with one attached hydrogen (secondary N) is 3. The fourth-order valence-electron chi connectivity index (χ4n) is 25.0. The lowest BCUT2D eigenvalue weighted by atomic mass is 9.33. The zero-order valence-corrected chi connectivity index (χ0v) is 61.9. The van der Waals surface area contributed by atoms with E-state index in [1.54, 1.807) is 5.57 Å². The zero-order chi connectivity index (χ0) is 69.4. The molecule has 4 aromatic rings. The number of pyridine rings is 2. The summed E-state index contributed by atoms with van der Waals surface area (Å²) in [6.07, 6.45) is 26.8. The number of nitrogens with two attached hydrogens (primary N) is 4. The van der Waals surface area contributed by atoms with E-state index in [1.165, 1.54) is 81.4 Å². The second-order valence-electron chi connectivity index (χ2n) is 36.6. The number of rotatable bonds is 4. The van der Waals surface area contributed by atoms with E-state index in [-0.39, 0.29) is 93.4 Å². The van der Waals surface area contributed by atoms with Crippen LogP contribution in [0, 0.1) is 89.7 Å². The molecular formula is C81H120N14O3S2. The second kappa shape index (κ2) is 25.0. The van der Waals surface area contributed by atoms with Crippen molar-refractivity contribution in [2.24, 2.45) is 116 Å². The average Bonchev–Trinajstić information content (AvgIpc) is 0.879. The van der Waals surface area contributed by atoms with Crippen LogP contribution < -0.4 is 28.4 Å². The van der Waals surface area contributed by atoms with Gasteiger partial charge in [-0.15, -0.1) is 10.2 Å². The van der Waals surface area contributed by atoms with Gasteiger partial charge in [0.05, 0.1) is 18.3 Å². The van der Waals surface area contributed by atoms with Gasteiger partial charge in [-0.05, 0) is 241 Å². The van der Waals surface area contributed by atoms with E-state index in [9.17, 15) is 14.7 Å². The summed E-state index contributed by atoms with van der Waals surface area (Å²) in [4.78, 5) is 38.1. The van der Waals surface area contributed by atoms with Gasteiger partial charge in [-0.2, -0.15) is 15.3 Å². The standard InChI is InChI=1S/C39H53N7OS.C36H50N4O2.C3H5N3S.3CH4/c1-34(2)12-14-39(33(47)48-29-18-28(40)43-44-29)15-13-38(7)30(25(39)20-34)23(22-9-8-16-42-21-22)17-27-36(5)19-24-31(45-46-32(24)41)35(3,4)26(36)10-11-37(27,38)6;1-31(2)12-14-36(30(41)42)15-13-35(7)27(24(36)19-31)22(21-9-8-16-38-20-21)17-26-33(5)18-23-28(39-40-29(23)37)32(3,4)25(33)10-11-34(26,35)6;4-2-1-3(7)6-5-2;;;/h8-9,16,21,25-27H,10-15,17-20H2,1-7H3,(H2,40,43)(H3,41,45,46);8-9,16,20,24-26H,10-15,17-19H2,1-7H3,(H,41,42)(H3,37,39,40);1H2,(H2,4,5)(H,6,7);3*1H4/t25-,26-,27?,36-,37+,38+,39-;24-,25-,26?,33-,34+,35+,36-;;;;/m00..../s1. The van der Waals surface area contributed by atoms with E-state index in [1.807, 2.05) is 18.6 Å². The molecule has 16 rings (SSSR count). The maximum absolute atomic E-state index is 14.8. The molecule has 0 aromatic carbocycles. The van der Waals surface area contributed by atoms with Crippen LogP contribution in [0.3, 0.4) is 0 Å². The fourth-order valence-corrected chi connectivity index (χ4v) is 26.2. The Morgan fingerprint density at radius 2 is 1.00 bits per heavy atom. The number of nitrogens with zero attached hydrogens (tertiary/aromatic N) is 7. The lowest BCUT2D eigenvalue weighted by Crippen LogP contribution is -2.65. The number of nitrogen functional groups attached to an aromatic ring is 2. The molecule has 2 aliphatic heterocycles. The van der Waals surface area contributed by atoms with Crippen molar-refractivity contribution < 1.29 is 14.7 Å². The summed E-state index contributed by atoms with van der Waals surface area (Å²) >= 11 is 6.01. The third kappa shape index (κ3) is 10.9. The third-order valence-electron chi connectivity index (χ3n) is 30.3. The number of aliphatic carboxylic acids is 1. The molecule has 544 valence electrons. The lowest BCUT2D eigenvalue weighted by Gasteiger charge is -2.71. The van der Waals surface area contributed by atoms with Crippen molar-refractivity contribution in [1.82, 2.24) is 35.8 Å². The number of carbonyl (C=O) groups excluding carboxylic acids is 1. The van der Waals surface area contributed by atoms with Crippen molar-refractivity contribution in [2.45, 2.75) is 258 Å². The number of carbonyl (C=O) groups is 2. The largest absolute Gasteiger partial charge is 0.481 e. The Labute approximate surface area is 606 Å². The predicted octanol–water partition coefficient (Wildman–Crippen LogP) is 17.4. The summed E-state index contributed by atoms with van der Waals surface area (Å²) in [5.74, 6) is 3.91. The zero-order valence-electron chi connectivity index (χ0n) is 60.2. The molecule has 0 saturated heterocycles. The topological polar surface area (TPSA) is 291 Å². The molecule has 0 spiro atoms. The monoisotopic (exact) mass is 1400 g/mol. The van der Waals surface area contributed by atoms with Crippen LogP contribution in [-0.2, 0) is 33.3 Å². The number of aromatic amines is 2. The molecule has 10 aliphatic carbocycles. The van der Waals surface area contributed by atoms with Crippen molar-refractivity contribution in [3.8, 4) is 0 Å². The molecule has 6 heterocycles. The van der Waals surface area contributed by atoms with Gasteiger partial charge in [0.15, 0.2) is 0 Å². The van der Waals surface area contributed by atoms with Crippen LogP contribution in [0.4, 0.5) is 11.6 Å². The molecule has 100 heavy (non-hydrogen) atoms. The molecule has 12 aliphatic rings. The second-order valence-corrected chi connectivity index (χ2v) is 38.2. The minimum Gasteiger partial charge on any atom is -0.481 e. The van der Waals surface area contributed by atoms with Crippen LogP contribution in [0.2, 0.25) is 0 Å². The van der Waals surface area contributed by atoms with Crippen molar-refractivity contribution in [3.05, 3.63) is 93.8 Å². The minimum absolute atomic E-state index is 0. The predicted molar refractivity (Wildman–Crippen MR) is 414 cm³/mol. The number of allylic oxidation sites excluding steroid dienone is 4. The Kier molecular flexibility index (Phi) is 18.8. The van der Waals surface area contributed by atoms with Crippen LogP contribution in [0.1, 0.15) is 268 Å². The van der Waals surface area contributed by atoms with E-state index in [0.29, 0.717) is 64.8 Å². The molecule has 0 bridgehead atoms. The minimum atomic E-state index is -0.672. The number of carboxylic acids is 1. The number of carboxylic acid groups (broad SMARTS) is 1. The van der Waals surface area contributed by atoms with Gasteiger partial charge < -0.3 is 28.0 Å². The molecule has 0 amide bonds. The fraction of sp³-hybridized carbons (Fsp3) is 0.679. The molecule has 19 heteroatoms. The van der Waals surface area contributed by atoms with E-state index >= 15 is 0 Å². The maximum atomic E-state index is 14.8. The van der Waals surface area contributed by atoms with Crippen LogP contribution >= 0.6 is 24.0 Å². The number of hydrazone groups is 1. The first kappa shape index (κ1) is 75.0. The van der Waals surface area contributed by atoms with Crippen molar-refractivity contribution >= 4 is 79.5 Å². The highest BCUT2D eigenvalue weighted by Gasteiger charge is 2.73. The Morgan fingerprint density at radius 3 is 1.39 bits per heavy atom. The summed E-state index contributed by atoms with van der Waals surface area (Å²) in [6, 6.07) is 8.64. The van der Waals surface area contributed by atoms with Crippen LogP contribution in [-0.4, -0.2) is 68.3 Å². The van der Waals surface area contributed by atoms with E-state index < -0.39 is 16.8 Å². The van der Waals surface area contributed by atoms with Crippen molar-refractivity contribution in [1.29, 1.82) is 0 Å². The number of anilines is 2. The van der Waals surface area contributed by atoms with Gasteiger partial charge in [-0.3, -0.25) is 35.2 Å². The van der Waals surface area contributed by atoms with Crippen LogP contribution in [0.15, 0.2) is 75.5 Å². The van der Waals surface area contributed by atoms with Gasteiger partial charge in [0.2, 0.25) is 5.12 Å². The molecule has 4 aromatic heterocycles. The summed E-state index contributed by atoms with van der Waals surface area (Å²) < 4.78 is 0. The first-order chi connectivity index (χ1) is 45.5. The Balaban J connectivity index is 0.000000180. The highest BCUT2D eigenvalue weighted by Crippen LogP contribution is 2.80. The molecule has 12 N–H and O–H groups in total. The molecule has 6 fully saturated rings. The number of thioether (sulfide) groups is 1. The number of hydrogen-bond acceptors (Lipinski definition) is 15. The first-order valence-corrected chi connectivity index (χ1v) is 37.6. The molecule has 17 nitrogen and oxygen atoms in total. The highest BCUT2D eigenvalue weighted by molar-refractivity contribution is 8.26. The number of thiocarbonyl (C=S) groups is 1. The van der Waals surface area contributed by atoms with E-state index in [0.717, 1.165) is 101 Å². The SMILES string of the molecule is C.C.C.CC1(C)CC[C@]2(C(=O)O)CC[C@]3(C)C(=C(c4cccnc4)CC4[C@@]5(C)Cc6c(N)n[nH]c6C(C)(C)[C@@H]5CC[C@]43C)[C@@H]2C1.CC1(C)CC[C@]2(C(=O)SC3=NN=C(N)C3)CC[C@]3(C)C(=C(c4cccnc4)CC4[C@@]5(C)Cc6c(N)n[nH]c6C(C)(C)[C@@H]5CC[C@]43C)[C@@H]2C1.NC1=NNC(=S)C1. The summed E-state index contributed by atoms with van der Waals surface area (Å²) in [7, 11) is 0. The third-order valence-corrected chi connectivity index (χ3v) is 31.6. The molecular weight excluding hydrogens is 1280 g/mol. The number of amidine groups is 2. The van der Waals surface area contributed by atoms with Gasteiger partial charge in [0.25, 0.3) is 0 Å². The smallest absolute Gasteiger partial charge is 0.310 e. The molecule has 2 unspecified atom stereocenters. The van der Waals surface area contributed by atoms with Gasteiger partial charge in [0, 0.05) is 63.5 Å². The molecule has 6 saturated carbocycles. The Morgan fingerprint density at radius 1 is 0.560 bits per heavy atom. The quantitative estimate of drug-likeness (QED) is 0.0882. The van der Waals surface area contributed by atoms with Crippen molar-refractivity contribution in [3.63, 3.8) is 0 Å². The van der Waals surface area contributed by atoms with E-state index in [2.05, 4.69) is 178 Å². The maximum Gasteiger partial charge on any atom is 0.310 e. The number of aromatic nitrogens is 6. The van der Waals surface area contributed by atoms with E-state index in [4.69, 9.17) is 35.2 Å². The number of H-pyrrole nitrogens is 2. The normalized spacial score (nSPS) is 37.6. The van der Waals surface area contributed by atoms with Crippen LogP contribution in [0.25, 0.3) is 11.1 Å². The Bertz CT molecular complexity index is 4070. The molecule has 0 radical (unpaired) electrons. The van der Waals surface area contributed by atoms with Gasteiger partial charge in [0.1, 0.15) is 33.3 Å². The van der Waals surface area contributed by atoms with Crippen LogP contribution in [0.5, 0.6) is 0 Å². The number of fused-ring (bicyclic) bond motifs is 16. The summed E-state index contributed by atoms with van der Waals surface area (Å²) in [5, 5.41) is 39.7. The highest BCUT2D eigenvalue weighted by atomic mass is 32.2. The Hall–Kier alpha value is -6.21. The number of hydrogen-bond donors (Lipinski definition) is 8. The van der Waals surface area contributed by atoms with Gasteiger partial charge in [-0.25, -0.2) is 0 Å². The van der Waals surface area contributed by atoms with Gasteiger partial charge >= 0.3 is 5.97 Å².